The molecule has 29 heavy (non-hydrogen) atoms. The van der Waals surface area contributed by atoms with E-state index >= 15 is 0 Å². The number of ether oxygens (including phenoxy) is 1. The highest BCUT2D eigenvalue weighted by Crippen LogP contribution is 2.35. The van der Waals surface area contributed by atoms with Crippen LogP contribution in [0.1, 0.15) is 37.7 Å². The summed E-state index contributed by atoms with van der Waals surface area (Å²) in [6, 6.07) is 3.89. The summed E-state index contributed by atoms with van der Waals surface area (Å²) in [6.45, 7) is 7.32. The summed E-state index contributed by atoms with van der Waals surface area (Å²) in [7, 11) is 0. The minimum Gasteiger partial charge on any atom is -0.379 e. The molecule has 0 radical (unpaired) electrons. The number of morpholine rings is 1. The number of hydrogen-bond acceptors (Lipinski definition) is 5. The van der Waals surface area contributed by atoms with Gasteiger partial charge in [-0.05, 0) is 43.9 Å². The molecule has 1 aromatic carbocycles. The van der Waals surface area contributed by atoms with Gasteiger partial charge in [0.2, 0.25) is 5.91 Å². The Hall–Kier alpha value is -0.920. The Morgan fingerprint density at radius 2 is 2.03 bits per heavy atom. The minimum absolute atomic E-state index is 0. The Kier molecular flexibility index (Phi) is 8.16. The summed E-state index contributed by atoms with van der Waals surface area (Å²) in [5.74, 6) is 0.405. The molecule has 2 fully saturated rings. The standard InChI is InChI=1S/C21H28ClN3O2S.ClH/c1-15-13-17(22)14-18-19(15)23-21(28-18)25(20(26)16-5-2-3-6-16)8-4-7-24-9-11-27-12-10-24;/h13-14,16H,2-12H2,1H3;1H. The molecule has 2 heterocycles. The highest BCUT2D eigenvalue weighted by Gasteiger charge is 2.30. The zero-order chi connectivity index (χ0) is 19.5. The SMILES string of the molecule is Cc1cc(Cl)cc2sc(N(CCCN3CCOCC3)C(=O)C3CCCC3)nc12.Cl. The van der Waals surface area contributed by atoms with Crippen molar-refractivity contribution in [3.05, 3.63) is 22.7 Å². The van der Waals surface area contributed by atoms with Crippen molar-refractivity contribution in [2.75, 3.05) is 44.3 Å². The van der Waals surface area contributed by atoms with Crippen LogP contribution >= 0.6 is 35.3 Å². The van der Waals surface area contributed by atoms with Gasteiger partial charge in [0.1, 0.15) is 0 Å². The van der Waals surface area contributed by atoms with Gasteiger partial charge in [-0.3, -0.25) is 14.6 Å². The van der Waals surface area contributed by atoms with Crippen molar-refractivity contribution in [1.82, 2.24) is 9.88 Å². The van der Waals surface area contributed by atoms with Crippen molar-refractivity contribution in [3.63, 3.8) is 0 Å². The number of hydrogen-bond donors (Lipinski definition) is 0. The fourth-order valence-electron chi connectivity index (χ4n) is 4.23. The lowest BCUT2D eigenvalue weighted by atomic mass is 10.1. The molecule has 1 saturated carbocycles. The zero-order valence-electron chi connectivity index (χ0n) is 16.9. The monoisotopic (exact) mass is 457 g/mol. The fourth-order valence-corrected chi connectivity index (χ4v) is 5.68. The Morgan fingerprint density at radius 1 is 1.31 bits per heavy atom. The highest BCUT2D eigenvalue weighted by molar-refractivity contribution is 7.22. The first-order valence-corrected chi connectivity index (χ1v) is 11.5. The molecule has 0 N–H and O–H groups in total. The van der Waals surface area contributed by atoms with E-state index in [0.717, 1.165) is 97.4 Å². The number of thiazole rings is 1. The lowest BCUT2D eigenvalue weighted by Gasteiger charge is -2.28. The van der Waals surface area contributed by atoms with Crippen molar-refractivity contribution in [3.8, 4) is 0 Å². The second-order valence-corrected chi connectivity index (χ2v) is 9.29. The number of halogens is 2. The number of nitrogens with zero attached hydrogens (tertiary/aromatic N) is 3. The number of carbonyl (C=O) groups is 1. The number of carbonyl (C=O) groups excluding carboxylic acids is 1. The predicted octanol–water partition coefficient (Wildman–Crippen LogP) is 4.93. The summed E-state index contributed by atoms with van der Waals surface area (Å²) >= 11 is 7.81. The van der Waals surface area contributed by atoms with Crippen molar-refractivity contribution >= 4 is 56.6 Å². The van der Waals surface area contributed by atoms with Crippen molar-refractivity contribution in [1.29, 1.82) is 0 Å². The van der Waals surface area contributed by atoms with Crippen LogP contribution in [0.4, 0.5) is 5.13 Å². The van der Waals surface area contributed by atoms with Gasteiger partial charge in [-0.15, -0.1) is 12.4 Å². The molecule has 1 aliphatic heterocycles. The molecule has 2 aliphatic rings. The van der Waals surface area contributed by atoms with E-state index in [1.807, 2.05) is 24.0 Å². The maximum absolute atomic E-state index is 13.3. The Bertz CT molecular complexity index is 833. The first-order valence-electron chi connectivity index (χ1n) is 10.3. The Balaban J connectivity index is 0.00000240. The average molecular weight is 458 g/mol. The fraction of sp³-hybridized carbons (Fsp3) is 0.619. The molecule has 160 valence electrons. The van der Waals surface area contributed by atoms with Crippen LogP contribution < -0.4 is 4.90 Å². The molecular weight excluding hydrogens is 429 g/mol. The molecule has 0 bridgehead atoms. The first-order chi connectivity index (χ1) is 13.6. The number of fused-ring (bicyclic) bond motifs is 1. The summed E-state index contributed by atoms with van der Waals surface area (Å²) < 4.78 is 6.48. The topological polar surface area (TPSA) is 45.7 Å². The van der Waals surface area contributed by atoms with Crippen molar-refractivity contribution < 1.29 is 9.53 Å². The van der Waals surface area contributed by atoms with Gasteiger partial charge in [0.05, 0.1) is 23.4 Å². The smallest absolute Gasteiger partial charge is 0.231 e. The summed E-state index contributed by atoms with van der Waals surface area (Å²) in [6.07, 6.45) is 5.29. The Labute approximate surface area is 187 Å². The van der Waals surface area contributed by atoms with E-state index in [1.165, 1.54) is 0 Å². The quantitative estimate of drug-likeness (QED) is 0.616. The van der Waals surface area contributed by atoms with E-state index in [-0.39, 0.29) is 24.2 Å². The first kappa shape index (κ1) is 22.8. The number of aromatic nitrogens is 1. The van der Waals surface area contributed by atoms with Gasteiger partial charge < -0.3 is 4.74 Å². The van der Waals surface area contributed by atoms with Gasteiger partial charge in [-0.1, -0.05) is 35.8 Å². The van der Waals surface area contributed by atoms with Gasteiger partial charge in [0.25, 0.3) is 0 Å². The van der Waals surface area contributed by atoms with Gasteiger partial charge >= 0.3 is 0 Å². The van der Waals surface area contributed by atoms with E-state index < -0.39 is 0 Å². The molecule has 1 aliphatic carbocycles. The number of amides is 1. The van der Waals surface area contributed by atoms with Gasteiger partial charge in [0, 0.05) is 37.1 Å². The van der Waals surface area contributed by atoms with E-state index in [2.05, 4.69) is 4.90 Å². The maximum atomic E-state index is 13.3. The summed E-state index contributed by atoms with van der Waals surface area (Å²) in [5.41, 5.74) is 2.02. The zero-order valence-corrected chi connectivity index (χ0v) is 19.3. The summed E-state index contributed by atoms with van der Waals surface area (Å²) in [5, 5.41) is 1.54. The van der Waals surface area contributed by atoms with Crippen LogP contribution in [0.5, 0.6) is 0 Å². The molecule has 0 unspecified atom stereocenters. The molecule has 0 atom stereocenters. The molecule has 1 aromatic heterocycles. The van der Waals surface area contributed by atoms with Crippen molar-refractivity contribution in [2.45, 2.75) is 39.0 Å². The van der Waals surface area contributed by atoms with Crippen LogP contribution in [0.25, 0.3) is 10.2 Å². The average Bonchev–Trinajstić information content (AvgIpc) is 3.35. The molecule has 8 heteroatoms. The normalized spacial score (nSPS) is 18.1. The molecular formula is C21H29Cl2N3O2S. The Morgan fingerprint density at radius 3 is 2.76 bits per heavy atom. The number of benzene rings is 1. The summed E-state index contributed by atoms with van der Waals surface area (Å²) in [4.78, 5) is 22.5. The van der Waals surface area contributed by atoms with E-state index in [1.54, 1.807) is 11.3 Å². The van der Waals surface area contributed by atoms with Gasteiger partial charge in [0.15, 0.2) is 5.13 Å². The van der Waals surface area contributed by atoms with Gasteiger partial charge in [-0.2, -0.15) is 0 Å². The lowest BCUT2D eigenvalue weighted by molar-refractivity contribution is -0.122. The minimum atomic E-state index is 0. The molecule has 1 amide bonds. The third kappa shape index (κ3) is 5.42. The molecule has 1 saturated heterocycles. The van der Waals surface area contributed by atoms with Crippen LogP contribution in [-0.2, 0) is 9.53 Å². The van der Waals surface area contributed by atoms with Crippen LogP contribution in [0.2, 0.25) is 5.02 Å². The molecule has 2 aromatic rings. The second-order valence-electron chi connectivity index (χ2n) is 7.84. The van der Waals surface area contributed by atoms with Crippen LogP contribution in [0.15, 0.2) is 12.1 Å². The number of rotatable bonds is 6. The maximum Gasteiger partial charge on any atom is 0.231 e. The third-order valence-electron chi connectivity index (χ3n) is 5.80. The highest BCUT2D eigenvalue weighted by atomic mass is 35.5. The lowest BCUT2D eigenvalue weighted by Crippen LogP contribution is -2.40. The third-order valence-corrected chi connectivity index (χ3v) is 7.04. The molecule has 4 rings (SSSR count). The molecule has 5 nitrogen and oxygen atoms in total. The predicted molar refractivity (Wildman–Crippen MR) is 123 cm³/mol. The van der Waals surface area contributed by atoms with E-state index in [4.69, 9.17) is 21.3 Å². The largest absolute Gasteiger partial charge is 0.379 e. The number of aryl methyl sites for hydroxylation is 1. The van der Waals surface area contributed by atoms with Gasteiger partial charge in [-0.25, -0.2) is 4.98 Å². The van der Waals surface area contributed by atoms with Crippen LogP contribution in [-0.4, -0.2) is 55.2 Å². The van der Waals surface area contributed by atoms with Crippen LogP contribution in [0, 0.1) is 12.8 Å². The molecule has 0 spiro atoms. The van der Waals surface area contributed by atoms with Crippen LogP contribution in [0.3, 0.4) is 0 Å². The van der Waals surface area contributed by atoms with E-state index in [0.29, 0.717) is 0 Å². The number of anilines is 1. The second kappa shape index (κ2) is 10.4. The van der Waals surface area contributed by atoms with E-state index in [9.17, 15) is 4.79 Å². The van der Waals surface area contributed by atoms with Crippen molar-refractivity contribution in [2.24, 2.45) is 5.92 Å².